The molecule has 1 aromatic rings. The van der Waals surface area contributed by atoms with Gasteiger partial charge >= 0.3 is 0 Å². The van der Waals surface area contributed by atoms with Crippen molar-refractivity contribution in [1.29, 1.82) is 0 Å². The first kappa shape index (κ1) is 15.2. The number of unbranched alkanes of at least 4 members (excludes halogenated alkanes) is 1. The molecule has 0 aliphatic rings. The summed E-state index contributed by atoms with van der Waals surface area (Å²) < 4.78 is 5.43. The maximum atomic E-state index is 11.6. The van der Waals surface area contributed by atoms with Gasteiger partial charge in [0.25, 0.3) is 5.91 Å². The maximum Gasteiger partial charge on any atom is 0.277 e. The number of carbonyl (C=O) groups excluding carboxylic acids is 1. The van der Waals surface area contributed by atoms with Gasteiger partial charge in [0, 0.05) is 5.71 Å². The third-order valence-corrected chi connectivity index (χ3v) is 2.72. The molecule has 0 bridgehead atoms. The van der Waals surface area contributed by atoms with Gasteiger partial charge in [-0.1, -0.05) is 31.5 Å². The van der Waals surface area contributed by atoms with Crippen LogP contribution in [0.1, 0.15) is 38.7 Å². The molecule has 0 spiro atoms. The number of nitrogens with one attached hydrogen (secondary N) is 1. The first-order chi connectivity index (χ1) is 9.13. The Balaban J connectivity index is 2.34. The van der Waals surface area contributed by atoms with Gasteiger partial charge in [0.15, 0.2) is 6.61 Å². The third-order valence-electron chi connectivity index (χ3n) is 2.72. The molecule has 0 radical (unpaired) electrons. The van der Waals surface area contributed by atoms with Crippen molar-refractivity contribution in [2.45, 2.75) is 40.0 Å². The lowest BCUT2D eigenvalue weighted by Gasteiger charge is -2.07. The molecule has 1 aromatic carbocycles. The Kier molecular flexibility index (Phi) is 6.64. The number of carbonyl (C=O) groups is 1. The zero-order valence-electron chi connectivity index (χ0n) is 11.9. The Morgan fingerprint density at radius 3 is 2.79 bits per heavy atom. The fourth-order valence-corrected chi connectivity index (χ4v) is 1.54. The summed E-state index contributed by atoms with van der Waals surface area (Å²) in [5.74, 6) is 0.489. The van der Waals surface area contributed by atoms with Crippen molar-refractivity contribution in [1.82, 2.24) is 5.43 Å². The molecule has 0 fully saturated rings. The number of hydrogen-bond donors (Lipinski definition) is 1. The van der Waals surface area contributed by atoms with E-state index in [2.05, 4.69) is 17.5 Å². The molecular formula is C15H22N2O2. The second-order valence-corrected chi connectivity index (χ2v) is 4.54. The molecule has 104 valence electrons. The Labute approximate surface area is 114 Å². The smallest absolute Gasteiger partial charge is 0.277 e. The number of hydrazone groups is 1. The minimum absolute atomic E-state index is 0.0184. The molecule has 0 atom stereocenters. The van der Waals surface area contributed by atoms with Crippen LogP contribution in [0.5, 0.6) is 5.75 Å². The average molecular weight is 262 g/mol. The van der Waals surface area contributed by atoms with Crippen LogP contribution in [0.15, 0.2) is 29.4 Å². The standard InChI is InChI=1S/C15H22N2O2/c1-4-5-9-13(3)16-17-15(18)11-19-14-10-7-6-8-12(14)2/h6-8,10H,4-5,9,11H2,1-3H3,(H,17,18)/b16-13-. The lowest BCUT2D eigenvalue weighted by Crippen LogP contribution is -2.25. The summed E-state index contributed by atoms with van der Waals surface area (Å²) >= 11 is 0. The molecule has 0 aliphatic carbocycles. The van der Waals surface area contributed by atoms with Gasteiger partial charge in [0.05, 0.1) is 0 Å². The van der Waals surface area contributed by atoms with Crippen LogP contribution in [0.4, 0.5) is 0 Å². The van der Waals surface area contributed by atoms with Gasteiger partial charge in [0.2, 0.25) is 0 Å². The average Bonchev–Trinajstić information content (AvgIpc) is 2.42. The van der Waals surface area contributed by atoms with Crippen molar-refractivity contribution in [2.75, 3.05) is 6.61 Å². The largest absolute Gasteiger partial charge is 0.483 e. The highest BCUT2D eigenvalue weighted by Crippen LogP contribution is 2.15. The SMILES string of the molecule is CCCC/C(C)=N\NC(=O)COc1ccccc1C. The van der Waals surface area contributed by atoms with E-state index in [1.54, 1.807) is 0 Å². The second kappa shape index (κ2) is 8.29. The van der Waals surface area contributed by atoms with Gasteiger partial charge in [-0.2, -0.15) is 5.10 Å². The van der Waals surface area contributed by atoms with Crippen molar-refractivity contribution >= 4 is 11.6 Å². The molecular weight excluding hydrogens is 240 g/mol. The number of ether oxygens (including phenoxy) is 1. The van der Waals surface area contributed by atoms with Gasteiger partial charge in [-0.15, -0.1) is 0 Å². The monoisotopic (exact) mass is 262 g/mol. The van der Waals surface area contributed by atoms with Crippen LogP contribution >= 0.6 is 0 Å². The summed E-state index contributed by atoms with van der Waals surface area (Å²) in [6.45, 7) is 5.97. The summed E-state index contributed by atoms with van der Waals surface area (Å²) in [6.07, 6.45) is 3.12. The second-order valence-electron chi connectivity index (χ2n) is 4.54. The third kappa shape index (κ3) is 6.04. The maximum absolute atomic E-state index is 11.6. The molecule has 0 unspecified atom stereocenters. The van der Waals surface area contributed by atoms with Crippen molar-refractivity contribution in [3.8, 4) is 5.75 Å². The first-order valence-corrected chi connectivity index (χ1v) is 6.64. The lowest BCUT2D eigenvalue weighted by molar-refractivity contribution is -0.123. The van der Waals surface area contributed by atoms with Crippen LogP contribution in [0.3, 0.4) is 0 Å². The molecule has 4 nitrogen and oxygen atoms in total. The molecule has 0 saturated carbocycles. The van der Waals surface area contributed by atoms with E-state index >= 15 is 0 Å². The highest BCUT2D eigenvalue weighted by molar-refractivity contribution is 5.84. The van der Waals surface area contributed by atoms with Gasteiger partial charge in [-0.25, -0.2) is 5.43 Å². The first-order valence-electron chi connectivity index (χ1n) is 6.64. The van der Waals surface area contributed by atoms with Crippen LogP contribution in [-0.2, 0) is 4.79 Å². The lowest BCUT2D eigenvalue weighted by atomic mass is 10.2. The van der Waals surface area contributed by atoms with Crippen molar-refractivity contribution in [2.24, 2.45) is 5.10 Å². The molecule has 0 saturated heterocycles. The summed E-state index contributed by atoms with van der Waals surface area (Å²) in [4.78, 5) is 11.6. The summed E-state index contributed by atoms with van der Waals surface area (Å²) in [5.41, 5.74) is 4.45. The van der Waals surface area contributed by atoms with E-state index in [9.17, 15) is 4.79 Å². The van der Waals surface area contributed by atoms with Crippen LogP contribution in [-0.4, -0.2) is 18.2 Å². The van der Waals surface area contributed by atoms with E-state index < -0.39 is 0 Å². The summed E-state index contributed by atoms with van der Waals surface area (Å²) in [6, 6.07) is 7.61. The number of hydrogen-bond acceptors (Lipinski definition) is 3. The van der Waals surface area contributed by atoms with Crippen molar-refractivity contribution in [3.63, 3.8) is 0 Å². The van der Waals surface area contributed by atoms with Crippen LogP contribution in [0, 0.1) is 6.92 Å². The molecule has 0 aliphatic heterocycles. The number of aryl methyl sites for hydroxylation is 1. The zero-order chi connectivity index (χ0) is 14.1. The Hall–Kier alpha value is -1.84. The normalized spacial score (nSPS) is 11.2. The van der Waals surface area contributed by atoms with E-state index in [4.69, 9.17) is 4.74 Å². The van der Waals surface area contributed by atoms with Crippen molar-refractivity contribution in [3.05, 3.63) is 29.8 Å². The van der Waals surface area contributed by atoms with E-state index in [0.717, 1.165) is 36.3 Å². The highest BCUT2D eigenvalue weighted by atomic mass is 16.5. The molecule has 19 heavy (non-hydrogen) atoms. The predicted octanol–water partition coefficient (Wildman–Crippen LogP) is 3.06. The van der Waals surface area contributed by atoms with E-state index in [-0.39, 0.29) is 12.5 Å². The van der Waals surface area contributed by atoms with E-state index in [0.29, 0.717) is 0 Å². The molecule has 4 heteroatoms. The highest BCUT2D eigenvalue weighted by Gasteiger charge is 2.03. The Morgan fingerprint density at radius 1 is 1.37 bits per heavy atom. The number of para-hydroxylation sites is 1. The number of amides is 1. The quantitative estimate of drug-likeness (QED) is 0.606. The minimum atomic E-state index is -0.237. The summed E-state index contributed by atoms with van der Waals surface area (Å²) in [5, 5.41) is 4.03. The molecule has 0 aromatic heterocycles. The zero-order valence-corrected chi connectivity index (χ0v) is 11.9. The fourth-order valence-electron chi connectivity index (χ4n) is 1.54. The molecule has 1 rings (SSSR count). The van der Waals surface area contributed by atoms with Crippen LogP contribution in [0.25, 0.3) is 0 Å². The molecule has 1 amide bonds. The van der Waals surface area contributed by atoms with Crippen LogP contribution < -0.4 is 10.2 Å². The van der Waals surface area contributed by atoms with E-state index in [1.165, 1.54) is 0 Å². The number of nitrogens with zero attached hydrogens (tertiary/aromatic N) is 1. The van der Waals surface area contributed by atoms with E-state index in [1.807, 2.05) is 38.1 Å². The molecule has 1 N–H and O–H groups in total. The van der Waals surface area contributed by atoms with Gasteiger partial charge in [-0.05, 0) is 38.3 Å². The predicted molar refractivity (Wildman–Crippen MR) is 77.5 cm³/mol. The minimum Gasteiger partial charge on any atom is -0.483 e. The molecule has 0 heterocycles. The van der Waals surface area contributed by atoms with Crippen molar-refractivity contribution < 1.29 is 9.53 Å². The Bertz CT molecular complexity index is 442. The van der Waals surface area contributed by atoms with Gasteiger partial charge in [0.1, 0.15) is 5.75 Å². The fraction of sp³-hybridized carbons (Fsp3) is 0.467. The number of rotatable bonds is 7. The topological polar surface area (TPSA) is 50.7 Å². The van der Waals surface area contributed by atoms with Gasteiger partial charge in [-0.3, -0.25) is 4.79 Å². The summed E-state index contributed by atoms with van der Waals surface area (Å²) in [7, 11) is 0. The van der Waals surface area contributed by atoms with Crippen LogP contribution in [0.2, 0.25) is 0 Å². The number of benzene rings is 1. The Morgan fingerprint density at radius 2 is 2.11 bits per heavy atom. The van der Waals surface area contributed by atoms with Gasteiger partial charge < -0.3 is 4.74 Å².